The maximum atomic E-state index is 7.84. The molecular formula is C27H23N2O2+. The first-order chi connectivity index (χ1) is 16.1. The Morgan fingerprint density at radius 2 is 1.55 bits per heavy atom. The van der Waals surface area contributed by atoms with Gasteiger partial charge in [-0.05, 0) is 63.0 Å². The molecule has 0 N–H and O–H groups in total. The third-order valence-corrected chi connectivity index (χ3v) is 6.18. The zero-order valence-electron chi connectivity index (χ0n) is 20.8. The molecular weight excluding hydrogens is 384 g/mol. The van der Waals surface area contributed by atoms with Crippen molar-refractivity contribution in [1.82, 2.24) is 4.98 Å². The van der Waals surface area contributed by atoms with Gasteiger partial charge in [0.1, 0.15) is 23.8 Å². The molecule has 4 heteroatoms. The molecule has 6 aromatic rings. The third-order valence-electron chi connectivity index (χ3n) is 6.18. The first-order valence-corrected chi connectivity index (χ1v) is 10.3. The van der Waals surface area contributed by atoms with Crippen molar-refractivity contribution >= 4 is 44.0 Å². The van der Waals surface area contributed by atoms with Gasteiger partial charge in [-0.2, -0.15) is 0 Å². The summed E-state index contributed by atoms with van der Waals surface area (Å²) in [5.74, 6) is 0. The number of aryl methyl sites for hydroxylation is 5. The Morgan fingerprint density at radius 1 is 0.806 bits per heavy atom. The van der Waals surface area contributed by atoms with Gasteiger partial charge >= 0.3 is 0 Å². The number of rotatable bonds is 1. The van der Waals surface area contributed by atoms with Crippen molar-refractivity contribution in [2.45, 2.75) is 27.6 Å². The molecule has 0 fully saturated rings. The molecule has 0 atom stereocenters. The van der Waals surface area contributed by atoms with E-state index in [4.69, 9.17) is 12.9 Å². The predicted molar refractivity (Wildman–Crippen MR) is 124 cm³/mol. The molecule has 4 aromatic heterocycles. The van der Waals surface area contributed by atoms with Crippen LogP contribution in [-0.2, 0) is 7.05 Å². The van der Waals surface area contributed by atoms with Gasteiger partial charge in [-0.25, -0.2) is 9.55 Å². The van der Waals surface area contributed by atoms with Crippen LogP contribution in [0.25, 0.3) is 55.3 Å². The van der Waals surface area contributed by atoms with E-state index in [1.54, 1.807) is 6.20 Å². The number of hydrogen-bond donors (Lipinski definition) is 0. The quantitative estimate of drug-likeness (QED) is 0.287. The minimum absolute atomic E-state index is 0.351. The molecule has 0 aliphatic rings. The monoisotopic (exact) mass is 410 g/mol. The molecule has 0 aliphatic carbocycles. The van der Waals surface area contributed by atoms with Crippen LogP contribution in [0.4, 0.5) is 0 Å². The molecule has 152 valence electrons. The van der Waals surface area contributed by atoms with E-state index < -0.39 is 6.85 Å². The summed E-state index contributed by atoms with van der Waals surface area (Å²) < 4.78 is 37.9. The van der Waals surface area contributed by atoms with E-state index >= 15 is 0 Å². The first-order valence-electron chi connectivity index (χ1n) is 11.8. The second-order valence-electron chi connectivity index (χ2n) is 8.35. The van der Waals surface area contributed by atoms with Crippen LogP contribution in [0.15, 0.2) is 57.5 Å². The van der Waals surface area contributed by atoms with Crippen molar-refractivity contribution < 1.29 is 17.5 Å². The second kappa shape index (κ2) is 6.17. The summed E-state index contributed by atoms with van der Waals surface area (Å²) in [7, 11) is 1.87. The lowest BCUT2D eigenvalue weighted by Crippen LogP contribution is -2.31. The highest BCUT2D eigenvalue weighted by molar-refractivity contribution is 6.16. The van der Waals surface area contributed by atoms with Crippen LogP contribution in [-0.4, -0.2) is 4.98 Å². The number of pyridine rings is 2. The number of aromatic nitrogens is 2. The highest BCUT2D eigenvalue weighted by Crippen LogP contribution is 2.40. The van der Waals surface area contributed by atoms with Gasteiger partial charge in [-0.15, -0.1) is 0 Å². The highest BCUT2D eigenvalue weighted by atomic mass is 16.3. The molecule has 0 bridgehead atoms. The van der Waals surface area contributed by atoms with E-state index in [2.05, 4.69) is 17.1 Å². The molecule has 4 heterocycles. The maximum Gasteiger partial charge on any atom is 0.227 e. The van der Waals surface area contributed by atoms with Crippen LogP contribution in [0.5, 0.6) is 0 Å². The Morgan fingerprint density at radius 3 is 2.35 bits per heavy atom. The van der Waals surface area contributed by atoms with Crippen molar-refractivity contribution in [3.63, 3.8) is 0 Å². The van der Waals surface area contributed by atoms with E-state index in [9.17, 15) is 0 Å². The number of benzene rings is 2. The lowest BCUT2D eigenvalue weighted by atomic mass is 9.99. The van der Waals surface area contributed by atoms with Gasteiger partial charge in [0.2, 0.25) is 11.4 Å². The van der Waals surface area contributed by atoms with E-state index in [1.165, 1.54) is 0 Å². The van der Waals surface area contributed by atoms with E-state index in [1.807, 2.05) is 62.7 Å². The molecule has 4 nitrogen and oxygen atoms in total. The molecule has 0 radical (unpaired) electrons. The average molecular weight is 411 g/mol. The van der Waals surface area contributed by atoms with Crippen LogP contribution >= 0.6 is 0 Å². The fourth-order valence-corrected chi connectivity index (χ4v) is 4.50. The van der Waals surface area contributed by atoms with E-state index in [0.29, 0.717) is 11.3 Å². The summed E-state index contributed by atoms with van der Waals surface area (Å²) in [5.41, 5.74) is 7.85. The number of nitrogens with zero attached hydrogens (tertiary/aromatic N) is 2. The van der Waals surface area contributed by atoms with Crippen LogP contribution in [0, 0.1) is 27.6 Å². The molecule has 0 saturated carbocycles. The van der Waals surface area contributed by atoms with Crippen molar-refractivity contribution in [3.05, 3.63) is 71.0 Å². The lowest BCUT2D eigenvalue weighted by molar-refractivity contribution is -0.660. The minimum Gasteiger partial charge on any atom is -0.455 e. The van der Waals surface area contributed by atoms with Gasteiger partial charge in [0.15, 0.2) is 6.20 Å². The molecule has 0 unspecified atom stereocenters. The van der Waals surface area contributed by atoms with Gasteiger partial charge in [-0.3, -0.25) is 0 Å². The number of hydrogen-bond acceptors (Lipinski definition) is 3. The van der Waals surface area contributed by atoms with Gasteiger partial charge in [0.25, 0.3) is 0 Å². The third kappa shape index (κ3) is 2.54. The zero-order valence-corrected chi connectivity index (χ0v) is 17.8. The van der Waals surface area contributed by atoms with Gasteiger partial charge < -0.3 is 8.83 Å². The average Bonchev–Trinajstić information content (AvgIpc) is 3.29. The Kier molecular flexibility index (Phi) is 3.02. The fourth-order valence-electron chi connectivity index (χ4n) is 4.50. The smallest absolute Gasteiger partial charge is 0.227 e. The summed E-state index contributed by atoms with van der Waals surface area (Å²) >= 11 is 0. The van der Waals surface area contributed by atoms with Gasteiger partial charge in [-0.1, -0.05) is 12.1 Å². The Hall–Kier alpha value is -3.66. The van der Waals surface area contributed by atoms with Gasteiger partial charge in [0.05, 0.1) is 5.56 Å². The standard InChI is InChI=1S/C27H23N2O2/c1-14-6-8-18-20-11-24-21(19-9-7-17(4)28-27(19)31-24)12-23(20)30-26(18)25(14)22-10-15(2)16(3)13-29(22)5/h6-13H,1-5H3/q+1/i3D3. The predicted octanol–water partition coefficient (Wildman–Crippen LogP) is 6.61. The summed E-state index contributed by atoms with van der Waals surface area (Å²) in [6.45, 7) is 3.67. The summed E-state index contributed by atoms with van der Waals surface area (Å²) in [6, 6.07) is 14.1. The molecule has 2 aromatic carbocycles. The molecule has 31 heavy (non-hydrogen) atoms. The normalized spacial score (nSPS) is 13.9. The second-order valence-corrected chi connectivity index (χ2v) is 8.35. The summed E-state index contributed by atoms with van der Waals surface area (Å²) in [6.07, 6.45) is 1.70. The topological polar surface area (TPSA) is 43.0 Å². The minimum atomic E-state index is -2.16. The van der Waals surface area contributed by atoms with Crippen LogP contribution in [0.1, 0.15) is 26.5 Å². The van der Waals surface area contributed by atoms with Crippen molar-refractivity contribution in [2.75, 3.05) is 0 Å². The zero-order chi connectivity index (χ0) is 23.9. The molecule has 0 aliphatic heterocycles. The van der Waals surface area contributed by atoms with Crippen LogP contribution < -0.4 is 4.57 Å². The Bertz CT molecular complexity index is 1790. The largest absolute Gasteiger partial charge is 0.455 e. The SMILES string of the molecule is [2H]C([2H])([2H])c1c[n+](C)c(-c2c(C)ccc3c2oc2cc4c(cc23)oc2nc(C)ccc24)cc1C. The number of fused-ring (bicyclic) bond motifs is 6. The van der Waals surface area contributed by atoms with Crippen molar-refractivity contribution in [2.24, 2.45) is 7.05 Å². The highest BCUT2D eigenvalue weighted by Gasteiger charge is 2.22. The van der Waals surface area contributed by atoms with Crippen LogP contribution in [0.3, 0.4) is 0 Å². The molecule has 0 spiro atoms. The molecule has 0 amide bonds. The number of furan rings is 2. The summed E-state index contributed by atoms with van der Waals surface area (Å²) in [4.78, 5) is 4.52. The molecule has 0 saturated heterocycles. The first kappa shape index (κ1) is 15.2. The van der Waals surface area contributed by atoms with E-state index in [-0.39, 0.29) is 0 Å². The summed E-state index contributed by atoms with van der Waals surface area (Å²) in [5, 5.41) is 3.88. The lowest BCUT2D eigenvalue weighted by Gasteiger charge is -2.07. The fraction of sp³-hybridized carbons (Fsp3) is 0.185. The Labute approximate surface area is 183 Å². The van der Waals surface area contributed by atoms with Crippen molar-refractivity contribution in [1.29, 1.82) is 0 Å². The van der Waals surface area contributed by atoms with Gasteiger partial charge in [0, 0.05) is 43.0 Å². The Balaban J connectivity index is 1.65. The van der Waals surface area contributed by atoms with E-state index in [0.717, 1.165) is 66.4 Å². The van der Waals surface area contributed by atoms with Crippen LogP contribution in [0.2, 0.25) is 0 Å². The maximum absolute atomic E-state index is 7.84. The van der Waals surface area contributed by atoms with Crippen molar-refractivity contribution in [3.8, 4) is 11.3 Å². The molecule has 6 rings (SSSR count).